The van der Waals surface area contributed by atoms with Gasteiger partial charge in [0.15, 0.2) is 5.69 Å². The van der Waals surface area contributed by atoms with Crippen LogP contribution in [0.4, 0.5) is 0 Å². The number of ether oxygens (including phenoxy) is 1. The second-order valence-electron chi connectivity index (χ2n) is 4.26. The Balaban J connectivity index is 2.49. The summed E-state index contributed by atoms with van der Waals surface area (Å²) in [6.07, 6.45) is 0.0411. The number of carboxylic acid groups (broad SMARTS) is 1. The molecule has 0 aliphatic rings. The van der Waals surface area contributed by atoms with Crippen molar-refractivity contribution < 1.29 is 19.4 Å². The van der Waals surface area contributed by atoms with Gasteiger partial charge in [0.25, 0.3) is 0 Å². The highest BCUT2D eigenvalue weighted by molar-refractivity contribution is 5.92. The molecule has 1 aromatic carbocycles. The van der Waals surface area contributed by atoms with Crippen LogP contribution in [0.15, 0.2) is 24.3 Å². The molecule has 8 heteroatoms. The number of nitrogens with two attached hydrogens (primary N) is 1. The van der Waals surface area contributed by atoms with Crippen molar-refractivity contribution in [1.29, 1.82) is 0 Å². The van der Waals surface area contributed by atoms with Gasteiger partial charge in [-0.1, -0.05) is 17.3 Å². The lowest BCUT2D eigenvalue weighted by Gasteiger charge is -2.08. The molecule has 21 heavy (non-hydrogen) atoms. The van der Waals surface area contributed by atoms with Crippen LogP contribution >= 0.6 is 0 Å². The van der Waals surface area contributed by atoms with Crippen molar-refractivity contribution in [3.63, 3.8) is 0 Å². The summed E-state index contributed by atoms with van der Waals surface area (Å²) < 4.78 is 6.47. The summed E-state index contributed by atoms with van der Waals surface area (Å²) in [5.41, 5.74) is 5.81. The zero-order valence-corrected chi connectivity index (χ0v) is 11.3. The fourth-order valence-electron chi connectivity index (χ4n) is 1.89. The number of aromatic nitrogens is 3. The van der Waals surface area contributed by atoms with E-state index in [1.165, 1.54) is 11.8 Å². The Hall–Kier alpha value is -2.90. The van der Waals surface area contributed by atoms with E-state index in [4.69, 9.17) is 10.5 Å². The van der Waals surface area contributed by atoms with Gasteiger partial charge in [0.05, 0.1) is 13.7 Å². The summed E-state index contributed by atoms with van der Waals surface area (Å²) in [5, 5.41) is 16.6. The Morgan fingerprint density at radius 3 is 2.81 bits per heavy atom. The summed E-state index contributed by atoms with van der Waals surface area (Å²) in [6.45, 7) is 0.155. The molecule has 0 spiro atoms. The molecule has 0 saturated carbocycles. The third-order valence-electron chi connectivity index (χ3n) is 2.85. The third kappa shape index (κ3) is 3.16. The number of hydrogen-bond acceptors (Lipinski definition) is 5. The van der Waals surface area contributed by atoms with Crippen molar-refractivity contribution >= 4 is 11.9 Å². The van der Waals surface area contributed by atoms with E-state index in [9.17, 15) is 14.7 Å². The molecule has 3 N–H and O–H groups in total. The SMILES string of the molecule is COc1cccc(-c2c(C(=O)O)nnn2CCC(N)=O)c1. The number of carboxylic acids is 1. The molecule has 2 rings (SSSR count). The highest BCUT2D eigenvalue weighted by Gasteiger charge is 2.21. The fraction of sp³-hybridized carbons (Fsp3) is 0.231. The molecule has 8 nitrogen and oxygen atoms in total. The normalized spacial score (nSPS) is 10.3. The van der Waals surface area contributed by atoms with Crippen molar-refractivity contribution in [2.45, 2.75) is 13.0 Å². The van der Waals surface area contributed by atoms with Gasteiger partial charge in [-0.25, -0.2) is 9.48 Å². The average Bonchev–Trinajstić information content (AvgIpc) is 2.89. The van der Waals surface area contributed by atoms with Gasteiger partial charge in [-0.05, 0) is 12.1 Å². The maximum Gasteiger partial charge on any atom is 0.358 e. The Bertz CT molecular complexity index is 681. The van der Waals surface area contributed by atoms with Crippen LogP contribution < -0.4 is 10.5 Å². The number of rotatable bonds is 6. The van der Waals surface area contributed by atoms with Crippen LogP contribution in [0.3, 0.4) is 0 Å². The Labute approximate surface area is 120 Å². The van der Waals surface area contributed by atoms with Gasteiger partial charge in [-0.15, -0.1) is 5.10 Å². The zero-order valence-electron chi connectivity index (χ0n) is 11.3. The number of nitrogens with zero attached hydrogens (tertiary/aromatic N) is 3. The number of primary amides is 1. The molecule has 0 fully saturated rings. The lowest BCUT2D eigenvalue weighted by atomic mass is 10.1. The van der Waals surface area contributed by atoms with Gasteiger partial charge >= 0.3 is 5.97 Å². The summed E-state index contributed by atoms with van der Waals surface area (Å²) in [7, 11) is 1.51. The minimum absolute atomic E-state index is 0.0411. The van der Waals surface area contributed by atoms with Crippen LogP contribution in [0.1, 0.15) is 16.9 Å². The van der Waals surface area contributed by atoms with Gasteiger partial charge in [0.1, 0.15) is 11.4 Å². The Morgan fingerprint density at radius 2 is 2.19 bits per heavy atom. The smallest absolute Gasteiger partial charge is 0.358 e. The van der Waals surface area contributed by atoms with Gasteiger partial charge in [-0.2, -0.15) is 0 Å². The van der Waals surface area contributed by atoms with E-state index in [0.717, 1.165) is 0 Å². The predicted molar refractivity (Wildman–Crippen MR) is 72.8 cm³/mol. The minimum atomic E-state index is -1.20. The van der Waals surface area contributed by atoms with Crippen LogP contribution in [0, 0.1) is 0 Å². The van der Waals surface area contributed by atoms with Gasteiger partial charge in [0.2, 0.25) is 5.91 Å². The first-order valence-electron chi connectivity index (χ1n) is 6.12. The number of aryl methyl sites for hydroxylation is 1. The maximum absolute atomic E-state index is 11.3. The van der Waals surface area contributed by atoms with Crippen molar-refractivity contribution in [2.75, 3.05) is 7.11 Å². The fourth-order valence-corrected chi connectivity index (χ4v) is 1.89. The number of benzene rings is 1. The predicted octanol–water partition coefficient (Wildman–Crippen LogP) is 0.527. The van der Waals surface area contributed by atoms with Crippen LogP contribution in [-0.4, -0.2) is 39.1 Å². The maximum atomic E-state index is 11.3. The molecule has 0 radical (unpaired) electrons. The quantitative estimate of drug-likeness (QED) is 0.800. The molecule has 1 aromatic heterocycles. The Morgan fingerprint density at radius 1 is 1.43 bits per heavy atom. The summed E-state index contributed by atoms with van der Waals surface area (Å²) in [4.78, 5) is 22.1. The van der Waals surface area contributed by atoms with Crippen LogP contribution in [-0.2, 0) is 11.3 Å². The number of carbonyl (C=O) groups is 2. The topological polar surface area (TPSA) is 120 Å². The first kappa shape index (κ1) is 14.5. The van der Waals surface area contributed by atoms with E-state index >= 15 is 0 Å². The monoisotopic (exact) mass is 290 g/mol. The molecular formula is C13H14N4O4. The van der Waals surface area contributed by atoms with Crippen LogP contribution in [0.2, 0.25) is 0 Å². The van der Waals surface area contributed by atoms with E-state index in [1.54, 1.807) is 24.3 Å². The second kappa shape index (κ2) is 6.04. The van der Waals surface area contributed by atoms with Crippen LogP contribution in [0.25, 0.3) is 11.3 Å². The molecule has 110 valence electrons. The molecule has 0 aliphatic heterocycles. The van der Waals surface area contributed by atoms with Crippen molar-refractivity contribution in [1.82, 2.24) is 15.0 Å². The number of methoxy groups -OCH3 is 1. The van der Waals surface area contributed by atoms with E-state index < -0.39 is 11.9 Å². The van der Waals surface area contributed by atoms with Crippen molar-refractivity contribution in [3.8, 4) is 17.0 Å². The molecule has 0 aliphatic carbocycles. The lowest BCUT2D eigenvalue weighted by Crippen LogP contribution is -2.15. The average molecular weight is 290 g/mol. The molecular weight excluding hydrogens is 276 g/mol. The first-order chi connectivity index (χ1) is 10.0. The highest BCUT2D eigenvalue weighted by atomic mass is 16.5. The second-order valence-corrected chi connectivity index (χ2v) is 4.26. The first-order valence-corrected chi connectivity index (χ1v) is 6.12. The van der Waals surface area contributed by atoms with E-state index in [-0.39, 0.29) is 18.7 Å². The van der Waals surface area contributed by atoms with E-state index in [1.807, 2.05) is 0 Å². The summed E-state index contributed by atoms with van der Waals surface area (Å²) >= 11 is 0. The molecule has 2 aromatic rings. The molecule has 1 amide bonds. The number of amides is 1. The molecule has 1 heterocycles. The van der Waals surface area contributed by atoms with Gasteiger partial charge < -0.3 is 15.6 Å². The molecule has 0 atom stereocenters. The largest absolute Gasteiger partial charge is 0.497 e. The molecule has 0 unspecified atom stereocenters. The summed E-state index contributed by atoms with van der Waals surface area (Å²) in [6, 6.07) is 6.85. The minimum Gasteiger partial charge on any atom is -0.497 e. The summed E-state index contributed by atoms with van der Waals surface area (Å²) in [5.74, 6) is -1.12. The standard InChI is InChI=1S/C13H14N4O4/c1-21-9-4-2-3-8(7-9)12-11(13(19)20)15-16-17(12)6-5-10(14)18/h2-4,7H,5-6H2,1H3,(H2,14,18)(H,19,20). The molecule has 0 bridgehead atoms. The number of hydrogen-bond donors (Lipinski definition) is 2. The van der Waals surface area contributed by atoms with Crippen molar-refractivity contribution in [2.24, 2.45) is 5.73 Å². The van der Waals surface area contributed by atoms with Crippen LogP contribution in [0.5, 0.6) is 5.75 Å². The lowest BCUT2D eigenvalue weighted by molar-refractivity contribution is -0.118. The number of aromatic carboxylic acids is 1. The van der Waals surface area contributed by atoms with E-state index in [0.29, 0.717) is 17.0 Å². The van der Waals surface area contributed by atoms with Gasteiger partial charge in [-0.3, -0.25) is 4.79 Å². The van der Waals surface area contributed by atoms with Crippen molar-refractivity contribution in [3.05, 3.63) is 30.0 Å². The van der Waals surface area contributed by atoms with E-state index in [2.05, 4.69) is 10.3 Å². The zero-order chi connectivity index (χ0) is 15.4. The molecule has 0 saturated heterocycles. The third-order valence-corrected chi connectivity index (χ3v) is 2.85. The number of carbonyl (C=O) groups excluding carboxylic acids is 1. The van der Waals surface area contributed by atoms with Gasteiger partial charge in [0, 0.05) is 12.0 Å². The highest BCUT2D eigenvalue weighted by Crippen LogP contribution is 2.26. The Kier molecular flexibility index (Phi) is 4.17.